The minimum absolute atomic E-state index is 0.0703. The summed E-state index contributed by atoms with van der Waals surface area (Å²) in [6, 6.07) is 4.10. The molecule has 0 saturated heterocycles. The number of aryl methyl sites for hydroxylation is 1. The molecule has 0 aliphatic heterocycles. The van der Waals surface area contributed by atoms with E-state index in [-0.39, 0.29) is 5.54 Å². The van der Waals surface area contributed by atoms with Crippen molar-refractivity contribution in [3.05, 3.63) is 23.3 Å². The highest BCUT2D eigenvalue weighted by Gasteiger charge is 2.37. The Kier molecular flexibility index (Phi) is 3.29. The van der Waals surface area contributed by atoms with Crippen LogP contribution in [0.3, 0.4) is 0 Å². The predicted molar refractivity (Wildman–Crippen MR) is 68.8 cm³/mol. The fourth-order valence-electron chi connectivity index (χ4n) is 2.15. The lowest BCUT2D eigenvalue weighted by Gasteiger charge is -2.16. The zero-order valence-corrected chi connectivity index (χ0v) is 10.9. The van der Waals surface area contributed by atoms with Crippen LogP contribution in [0.1, 0.15) is 30.4 Å². The molecule has 17 heavy (non-hydrogen) atoms. The smallest absolute Gasteiger partial charge is 0.126 e. The minimum Gasteiger partial charge on any atom is -0.496 e. The maximum atomic E-state index is 6.13. The molecule has 94 valence electrons. The number of hydrogen-bond donors (Lipinski definition) is 1. The van der Waals surface area contributed by atoms with E-state index in [0.717, 1.165) is 48.3 Å². The Morgan fingerprint density at radius 2 is 1.71 bits per heavy atom. The average molecular weight is 235 g/mol. The number of benzene rings is 1. The maximum absolute atomic E-state index is 6.13. The van der Waals surface area contributed by atoms with Crippen LogP contribution in [0.15, 0.2) is 12.1 Å². The summed E-state index contributed by atoms with van der Waals surface area (Å²) in [5, 5.41) is 0. The van der Waals surface area contributed by atoms with Gasteiger partial charge < -0.3 is 15.2 Å². The van der Waals surface area contributed by atoms with Gasteiger partial charge in [0.05, 0.1) is 14.2 Å². The second-order valence-electron chi connectivity index (χ2n) is 5.01. The summed E-state index contributed by atoms with van der Waals surface area (Å²) in [4.78, 5) is 0. The molecule has 0 bridgehead atoms. The second kappa shape index (κ2) is 4.57. The Labute approximate surface area is 103 Å². The van der Waals surface area contributed by atoms with Gasteiger partial charge in [0.1, 0.15) is 11.5 Å². The normalized spacial score (nSPS) is 16.7. The maximum Gasteiger partial charge on any atom is 0.126 e. The largest absolute Gasteiger partial charge is 0.496 e. The molecule has 1 saturated carbocycles. The molecule has 0 radical (unpaired) electrons. The van der Waals surface area contributed by atoms with Crippen LogP contribution in [-0.4, -0.2) is 19.8 Å². The van der Waals surface area contributed by atoms with Gasteiger partial charge >= 0.3 is 0 Å². The summed E-state index contributed by atoms with van der Waals surface area (Å²) in [6.45, 7) is 2.04. The first-order valence-corrected chi connectivity index (χ1v) is 6.08. The van der Waals surface area contributed by atoms with Gasteiger partial charge in [0, 0.05) is 11.1 Å². The Balaban J connectivity index is 2.22. The van der Waals surface area contributed by atoms with Crippen molar-refractivity contribution in [3.63, 3.8) is 0 Å². The standard InChI is InChI=1S/C14H21NO2/c1-10-8-12(16-2)11(13(9-10)17-3)4-5-14(15)6-7-14/h8-9H,4-7,15H2,1-3H3. The molecule has 1 aliphatic carbocycles. The van der Waals surface area contributed by atoms with Crippen LogP contribution in [0.5, 0.6) is 11.5 Å². The molecule has 3 heteroatoms. The lowest BCUT2D eigenvalue weighted by molar-refractivity contribution is 0.382. The van der Waals surface area contributed by atoms with E-state index in [1.165, 1.54) is 0 Å². The summed E-state index contributed by atoms with van der Waals surface area (Å²) in [5.41, 5.74) is 8.48. The minimum atomic E-state index is 0.0703. The third-order valence-electron chi connectivity index (χ3n) is 3.52. The number of hydrogen-bond acceptors (Lipinski definition) is 3. The SMILES string of the molecule is COc1cc(C)cc(OC)c1CCC1(N)CC1. The highest BCUT2D eigenvalue weighted by molar-refractivity contribution is 5.48. The first-order valence-electron chi connectivity index (χ1n) is 6.08. The third kappa shape index (κ3) is 2.72. The van der Waals surface area contributed by atoms with Gasteiger partial charge in [-0.3, -0.25) is 0 Å². The molecule has 0 spiro atoms. The molecular formula is C14H21NO2. The number of rotatable bonds is 5. The van der Waals surface area contributed by atoms with Crippen LogP contribution in [0.4, 0.5) is 0 Å². The molecule has 1 aliphatic rings. The van der Waals surface area contributed by atoms with E-state index in [1.807, 2.05) is 19.1 Å². The first-order chi connectivity index (χ1) is 8.08. The van der Waals surface area contributed by atoms with E-state index in [0.29, 0.717) is 0 Å². The topological polar surface area (TPSA) is 44.5 Å². The first kappa shape index (κ1) is 12.2. The molecule has 0 heterocycles. The highest BCUT2D eigenvalue weighted by atomic mass is 16.5. The van der Waals surface area contributed by atoms with Gasteiger partial charge in [0.15, 0.2) is 0 Å². The van der Waals surface area contributed by atoms with Gasteiger partial charge in [0.2, 0.25) is 0 Å². The average Bonchev–Trinajstić information content (AvgIpc) is 3.04. The molecule has 2 rings (SSSR count). The van der Waals surface area contributed by atoms with E-state index in [9.17, 15) is 0 Å². The highest BCUT2D eigenvalue weighted by Crippen LogP contribution is 2.39. The molecule has 1 fully saturated rings. The van der Waals surface area contributed by atoms with Crippen molar-refractivity contribution in [2.24, 2.45) is 5.73 Å². The van der Waals surface area contributed by atoms with Gasteiger partial charge in [-0.25, -0.2) is 0 Å². The molecule has 1 aromatic rings. The number of nitrogens with two attached hydrogens (primary N) is 1. The summed E-state index contributed by atoms with van der Waals surface area (Å²) >= 11 is 0. The molecule has 0 unspecified atom stereocenters. The van der Waals surface area contributed by atoms with E-state index in [1.54, 1.807) is 14.2 Å². The number of methoxy groups -OCH3 is 2. The molecule has 3 nitrogen and oxygen atoms in total. The van der Waals surface area contributed by atoms with Crippen LogP contribution in [0, 0.1) is 6.92 Å². The van der Waals surface area contributed by atoms with Crippen molar-refractivity contribution in [1.82, 2.24) is 0 Å². The van der Waals surface area contributed by atoms with Crippen LogP contribution in [0.2, 0.25) is 0 Å². The molecule has 1 aromatic carbocycles. The molecule has 0 amide bonds. The van der Waals surface area contributed by atoms with Crippen molar-refractivity contribution in [1.29, 1.82) is 0 Å². The Hall–Kier alpha value is -1.22. The lowest BCUT2D eigenvalue weighted by atomic mass is 10.0. The van der Waals surface area contributed by atoms with Gasteiger partial charge in [-0.15, -0.1) is 0 Å². The summed E-state index contributed by atoms with van der Waals surface area (Å²) in [7, 11) is 3.40. The van der Waals surface area contributed by atoms with Crippen molar-refractivity contribution in [2.45, 2.75) is 38.1 Å². The van der Waals surface area contributed by atoms with E-state index < -0.39 is 0 Å². The van der Waals surface area contributed by atoms with E-state index in [4.69, 9.17) is 15.2 Å². The number of ether oxygens (including phenoxy) is 2. The summed E-state index contributed by atoms with van der Waals surface area (Å²) in [5.74, 6) is 1.82. The van der Waals surface area contributed by atoms with Gasteiger partial charge in [0.25, 0.3) is 0 Å². The summed E-state index contributed by atoms with van der Waals surface area (Å²) in [6.07, 6.45) is 4.21. The van der Waals surface area contributed by atoms with Crippen molar-refractivity contribution in [3.8, 4) is 11.5 Å². The van der Waals surface area contributed by atoms with Crippen LogP contribution in [0.25, 0.3) is 0 Å². The Morgan fingerprint density at radius 3 is 2.12 bits per heavy atom. The van der Waals surface area contributed by atoms with Crippen LogP contribution in [-0.2, 0) is 6.42 Å². The van der Waals surface area contributed by atoms with Gasteiger partial charge in [-0.05, 0) is 50.3 Å². The quantitative estimate of drug-likeness (QED) is 0.852. The fourth-order valence-corrected chi connectivity index (χ4v) is 2.15. The third-order valence-corrected chi connectivity index (χ3v) is 3.52. The van der Waals surface area contributed by atoms with Crippen LogP contribution < -0.4 is 15.2 Å². The predicted octanol–water partition coefficient (Wildman–Crippen LogP) is 2.44. The van der Waals surface area contributed by atoms with E-state index >= 15 is 0 Å². The monoisotopic (exact) mass is 235 g/mol. The van der Waals surface area contributed by atoms with Crippen molar-refractivity contribution in [2.75, 3.05) is 14.2 Å². The molecular weight excluding hydrogens is 214 g/mol. The van der Waals surface area contributed by atoms with Crippen LogP contribution >= 0.6 is 0 Å². The molecule has 0 atom stereocenters. The van der Waals surface area contributed by atoms with Crippen molar-refractivity contribution < 1.29 is 9.47 Å². The molecule has 2 N–H and O–H groups in total. The Bertz CT molecular complexity index is 386. The van der Waals surface area contributed by atoms with Gasteiger partial charge in [-0.2, -0.15) is 0 Å². The lowest BCUT2D eigenvalue weighted by Crippen LogP contribution is -2.22. The van der Waals surface area contributed by atoms with Gasteiger partial charge in [-0.1, -0.05) is 0 Å². The zero-order chi connectivity index (χ0) is 12.5. The second-order valence-corrected chi connectivity index (χ2v) is 5.01. The summed E-state index contributed by atoms with van der Waals surface area (Å²) < 4.78 is 10.9. The van der Waals surface area contributed by atoms with E-state index in [2.05, 4.69) is 0 Å². The fraction of sp³-hybridized carbons (Fsp3) is 0.571. The zero-order valence-electron chi connectivity index (χ0n) is 10.9. The Morgan fingerprint density at radius 1 is 1.18 bits per heavy atom. The molecule has 0 aromatic heterocycles. The van der Waals surface area contributed by atoms with Crippen molar-refractivity contribution >= 4 is 0 Å².